The van der Waals surface area contributed by atoms with Gasteiger partial charge in [0.2, 0.25) is 0 Å². The van der Waals surface area contributed by atoms with Gasteiger partial charge in [-0.2, -0.15) is 5.10 Å². The fraction of sp³-hybridized carbons (Fsp3) is 0.296. The summed E-state index contributed by atoms with van der Waals surface area (Å²) < 4.78 is 21.7. The summed E-state index contributed by atoms with van der Waals surface area (Å²) in [6.45, 7) is 4.70. The number of ether oxygens (including phenoxy) is 4. The predicted molar refractivity (Wildman–Crippen MR) is 154 cm³/mol. The highest BCUT2D eigenvalue weighted by atomic mass is 35.5. The monoisotopic (exact) mass is 604 g/mol. The molecule has 1 heterocycles. The SMILES string of the molecule is CCOC(=O)C1=C(C)NC(=S)N[C@@H]1c1ccccc1OCC(=O)NN=Cc1cc(Cl)c(OCC(=O)O)c(OCC)c1. The number of nitrogens with one attached hydrogen (secondary N) is 3. The summed E-state index contributed by atoms with van der Waals surface area (Å²) >= 11 is 11.5. The summed E-state index contributed by atoms with van der Waals surface area (Å²) in [6, 6.07) is 9.30. The van der Waals surface area contributed by atoms with E-state index in [2.05, 4.69) is 21.2 Å². The maximum Gasteiger partial charge on any atom is 0.341 e. The molecule has 0 fully saturated rings. The number of benzene rings is 2. The van der Waals surface area contributed by atoms with E-state index in [-0.39, 0.29) is 36.3 Å². The lowest BCUT2D eigenvalue weighted by Gasteiger charge is -2.30. The molecule has 4 N–H and O–H groups in total. The summed E-state index contributed by atoms with van der Waals surface area (Å²) in [5.41, 5.74) is 4.31. The maximum atomic E-state index is 12.7. The van der Waals surface area contributed by atoms with Crippen molar-refractivity contribution >= 4 is 53.0 Å². The molecule has 0 unspecified atom stereocenters. The van der Waals surface area contributed by atoms with E-state index < -0.39 is 30.5 Å². The average Bonchev–Trinajstić information content (AvgIpc) is 2.91. The number of hydrogen-bond donors (Lipinski definition) is 4. The van der Waals surface area contributed by atoms with Gasteiger partial charge in [0, 0.05) is 11.3 Å². The maximum absolute atomic E-state index is 12.7. The van der Waals surface area contributed by atoms with Crippen molar-refractivity contribution in [2.75, 3.05) is 26.4 Å². The minimum absolute atomic E-state index is 0.0873. The van der Waals surface area contributed by atoms with Crippen LogP contribution in [-0.4, -0.2) is 60.7 Å². The molecule has 1 aliphatic rings. The Bertz CT molecular complexity index is 1380. The van der Waals surface area contributed by atoms with Crippen LogP contribution in [0.3, 0.4) is 0 Å². The van der Waals surface area contributed by atoms with Gasteiger partial charge in [-0.3, -0.25) is 4.79 Å². The Balaban J connectivity index is 1.70. The zero-order valence-corrected chi connectivity index (χ0v) is 24.1. The molecule has 14 heteroatoms. The molecule has 1 amide bonds. The van der Waals surface area contributed by atoms with E-state index in [0.29, 0.717) is 33.3 Å². The average molecular weight is 605 g/mol. The molecular weight excluding hydrogens is 576 g/mol. The Morgan fingerprint density at radius 1 is 1.10 bits per heavy atom. The van der Waals surface area contributed by atoms with Crippen LogP contribution in [0.1, 0.15) is 37.9 Å². The second kappa shape index (κ2) is 14.9. The largest absolute Gasteiger partial charge is 0.490 e. The van der Waals surface area contributed by atoms with E-state index in [1.54, 1.807) is 51.1 Å². The highest BCUT2D eigenvalue weighted by molar-refractivity contribution is 7.80. The van der Waals surface area contributed by atoms with E-state index in [1.807, 2.05) is 0 Å². The lowest BCUT2D eigenvalue weighted by molar-refractivity contribution is -0.140. The van der Waals surface area contributed by atoms with Crippen LogP contribution in [0.15, 0.2) is 52.8 Å². The summed E-state index contributed by atoms with van der Waals surface area (Å²) in [5, 5.41) is 19.2. The number of hydrazone groups is 1. The Kier molecular flexibility index (Phi) is 11.3. The molecule has 12 nitrogen and oxygen atoms in total. The van der Waals surface area contributed by atoms with Gasteiger partial charge in [0.15, 0.2) is 29.8 Å². The number of para-hydroxylation sites is 1. The van der Waals surface area contributed by atoms with Crippen molar-refractivity contribution in [1.82, 2.24) is 16.1 Å². The molecule has 0 saturated heterocycles. The van der Waals surface area contributed by atoms with Crippen LogP contribution in [0.4, 0.5) is 0 Å². The number of rotatable bonds is 13. The number of nitrogens with zero attached hydrogens (tertiary/aromatic N) is 1. The summed E-state index contributed by atoms with van der Waals surface area (Å²) in [5.74, 6) is -1.55. The molecule has 0 radical (unpaired) electrons. The first kappa shape index (κ1) is 31.2. The Morgan fingerprint density at radius 2 is 1.85 bits per heavy atom. The standard InChI is InChI=1S/C27H29ClN4O8S/c1-4-37-20-11-16(10-18(28)25(20)40-14-22(34)35)12-29-32-21(33)13-39-19-9-7-6-8-17(19)24-23(26(36)38-5-2)15(3)30-27(41)31-24/h6-12,24H,4-5,13-14H2,1-3H3,(H,32,33)(H,34,35)(H2,30,31,41)/t24-/m1/s1. The van der Waals surface area contributed by atoms with Gasteiger partial charge < -0.3 is 34.7 Å². The van der Waals surface area contributed by atoms with Crippen LogP contribution in [0.5, 0.6) is 17.2 Å². The molecule has 3 rings (SSSR count). The van der Waals surface area contributed by atoms with E-state index in [4.69, 9.17) is 47.9 Å². The number of hydrogen-bond acceptors (Lipinski definition) is 9. The highest BCUT2D eigenvalue weighted by Crippen LogP contribution is 2.36. The molecule has 0 aromatic heterocycles. The molecule has 1 aliphatic heterocycles. The van der Waals surface area contributed by atoms with Crippen molar-refractivity contribution in [2.45, 2.75) is 26.8 Å². The van der Waals surface area contributed by atoms with Crippen molar-refractivity contribution in [3.05, 3.63) is 63.8 Å². The Labute approximate surface area is 246 Å². The summed E-state index contributed by atoms with van der Waals surface area (Å²) in [7, 11) is 0. The number of amides is 1. The van der Waals surface area contributed by atoms with Crippen molar-refractivity contribution < 1.29 is 38.4 Å². The molecule has 2 aromatic carbocycles. The van der Waals surface area contributed by atoms with Crippen molar-refractivity contribution in [3.8, 4) is 17.2 Å². The van der Waals surface area contributed by atoms with Crippen molar-refractivity contribution in [2.24, 2.45) is 5.10 Å². The predicted octanol–water partition coefficient (Wildman–Crippen LogP) is 3.09. The van der Waals surface area contributed by atoms with Crippen LogP contribution < -0.4 is 30.3 Å². The van der Waals surface area contributed by atoms with Gasteiger partial charge in [0.05, 0.1) is 36.1 Å². The first-order chi connectivity index (χ1) is 19.6. The van der Waals surface area contributed by atoms with Crippen LogP contribution in [-0.2, 0) is 19.1 Å². The lowest BCUT2D eigenvalue weighted by atomic mass is 9.95. The number of carbonyl (C=O) groups is 3. The smallest absolute Gasteiger partial charge is 0.341 e. The number of carboxylic acids is 1. The van der Waals surface area contributed by atoms with E-state index in [9.17, 15) is 14.4 Å². The van der Waals surface area contributed by atoms with Gasteiger partial charge >= 0.3 is 11.9 Å². The first-order valence-corrected chi connectivity index (χ1v) is 13.2. The highest BCUT2D eigenvalue weighted by Gasteiger charge is 2.32. The van der Waals surface area contributed by atoms with Gasteiger partial charge in [-0.05, 0) is 56.8 Å². The molecule has 1 atom stereocenters. The molecule has 2 aromatic rings. The lowest BCUT2D eigenvalue weighted by Crippen LogP contribution is -2.45. The zero-order chi connectivity index (χ0) is 29.9. The van der Waals surface area contributed by atoms with E-state index >= 15 is 0 Å². The molecule has 41 heavy (non-hydrogen) atoms. The fourth-order valence-electron chi connectivity index (χ4n) is 3.81. The van der Waals surface area contributed by atoms with Gasteiger partial charge in [0.25, 0.3) is 5.91 Å². The number of halogens is 1. The second-order valence-electron chi connectivity index (χ2n) is 8.36. The third kappa shape index (κ3) is 8.56. The number of aliphatic carboxylic acids is 1. The molecule has 0 aliphatic carbocycles. The van der Waals surface area contributed by atoms with Gasteiger partial charge in [-0.25, -0.2) is 15.0 Å². The van der Waals surface area contributed by atoms with Crippen LogP contribution >= 0.6 is 23.8 Å². The molecule has 0 saturated carbocycles. The van der Waals surface area contributed by atoms with Crippen LogP contribution in [0.25, 0.3) is 0 Å². The van der Waals surface area contributed by atoms with Crippen LogP contribution in [0.2, 0.25) is 5.02 Å². The van der Waals surface area contributed by atoms with Gasteiger partial charge in [0.1, 0.15) is 5.75 Å². The van der Waals surface area contributed by atoms with E-state index in [0.717, 1.165) is 0 Å². The fourth-order valence-corrected chi connectivity index (χ4v) is 4.36. The van der Waals surface area contributed by atoms with Crippen molar-refractivity contribution in [1.29, 1.82) is 0 Å². The van der Waals surface area contributed by atoms with E-state index in [1.165, 1.54) is 12.3 Å². The number of thiocarbonyl (C=S) groups is 1. The first-order valence-electron chi connectivity index (χ1n) is 12.4. The number of esters is 1. The Hall–Kier alpha value is -4.36. The van der Waals surface area contributed by atoms with Gasteiger partial charge in [-0.15, -0.1) is 0 Å². The minimum Gasteiger partial charge on any atom is -0.490 e. The summed E-state index contributed by atoms with van der Waals surface area (Å²) in [6.07, 6.45) is 1.33. The summed E-state index contributed by atoms with van der Waals surface area (Å²) in [4.78, 5) is 36.0. The number of carboxylic acid groups (broad SMARTS) is 1. The quantitative estimate of drug-likeness (QED) is 0.115. The van der Waals surface area contributed by atoms with Crippen molar-refractivity contribution in [3.63, 3.8) is 0 Å². The molecule has 0 bridgehead atoms. The topological polar surface area (TPSA) is 157 Å². The minimum atomic E-state index is -1.16. The third-order valence-electron chi connectivity index (χ3n) is 5.43. The normalized spacial score (nSPS) is 14.6. The number of carbonyl (C=O) groups excluding carboxylic acids is 2. The second-order valence-corrected chi connectivity index (χ2v) is 9.17. The molecular formula is C27H29ClN4O8S. The van der Waals surface area contributed by atoms with Crippen LogP contribution in [0, 0.1) is 0 Å². The third-order valence-corrected chi connectivity index (χ3v) is 5.93. The molecule has 0 spiro atoms. The zero-order valence-electron chi connectivity index (χ0n) is 22.5. The number of allylic oxidation sites excluding steroid dienone is 1. The Morgan fingerprint density at radius 3 is 2.56 bits per heavy atom. The molecule has 218 valence electrons. The van der Waals surface area contributed by atoms with Gasteiger partial charge in [-0.1, -0.05) is 29.8 Å².